The summed E-state index contributed by atoms with van der Waals surface area (Å²) >= 11 is 5.55. The highest BCUT2D eigenvalue weighted by Crippen LogP contribution is 2.34. The Balaban J connectivity index is 1.65. The van der Waals surface area contributed by atoms with E-state index in [1.54, 1.807) is 12.3 Å². The molecule has 0 radical (unpaired) electrons. The lowest BCUT2D eigenvalue weighted by atomic mass is 10.1. The molecule has 3 aromatic heterocycles. The summed E-state index contributed by atoms with van der Waals surface area (Å²) < 4.78 is 15.2. The number of rotatable bonds is 6. The molecule has 1 amide bonds. The first kappa shape index (κ1) is 20.3. The van der Waals surface area contributed by atoms with Gasteiger partial charge in [-0.15, -0.1) is 11.6 Å². The lowest BCUT2D eigenvalue weighted by Gasteiger charge is -2.25. The number of fused-ring (bicyclic) bond motifs is 1. The molecule has 0 bridgehead atoms. The molecule has 11 heteroatoms. The van der Waals surface area contributed by atoms with Crippen LogP contribution in [0, 0.1) is 5.82 Å². The summed E-state index contributed by atoms with van der Waals surface area (Å²) in [4.78, 5) is 33.6. The molecule has 1 fully saturated rings. The van der Waals surface area contributed by atoms with Gasteiger partial charge in [0.2, 0.25) is 0 Å². The summed E-state index contributed by atoms with van der Waals surface area (Å²) in [6, 6.07) is 2.67. The summed E-state index contributed by atoms with van der Waals surface area (Å²) in [5.74, 6) is -0.372. The van der Waals surface area contributed by atoms with Gasteiger partial charge in [-0.3, -0.25) is 9.59 Å². The normalized spacial score (nSPS) is 17.4. The third-order valence-corrected chi connectivity index (χ3v) is 5.43. The number of carbonyl (C=O) groups is 1. The average Bonchev–Trinajstić information content (AvgIpc) is 3.40. The minimum atomic E-state index is -0.851. The molecule has 0 unspecified atom stereocenters. The van der Waals surface area contributed by atoms with Gasteiger partial charge in [-0.1, -0.05) is 0 Å². The number of hydrogen-bond acceptors (Lipinski definition) is 6. The minimum absolute atomic E-state index is 0.00694. The Kier molecular flexibility index (Phi) is 5.69. The first-order chi connectivity index (χ1) is 14.5. The number of hydrogen-bond donors (Lipinski definition) is 3. The molecule has 0 aliphatic carbocycles. The molecule has 1 aliphatic rings. The highest BCUT2D eigenvalue weighted by molar-refractivity contribution is 6.18. The molecule has 1 saturated heterocycles. The predicted molar refractivity (Wildman–Crippen MR) is 108 cm³/mol. The Hall–Kier alpha value is -2.98. The van der Waals surface area contributed by atoms with Crippen LogP contribution >= 0.6 is 11.6 Å². The van der Waals surface area contributed by atoms with E-state index in [1.807, 2.05) is 4.90 Å². The molecule has 4 heterocycles. The van der Waals surface area contributed by atoms with Crippen LogP contribution in [0.1, 0.15) is 34.8 Å². The molecule has 0 aromatic carbocycles. The molecular weight excluding hydrogens is 415 g/mol. The van der Waals surface area contributed by atoms with Crippen molar-refractivity contribution in [1.82, 2.24) is 24.9 Å². The van der Waals surface area contributed by atoms with Gasteiger partial charge >= 0.3 is 0 Å². The predicted octanol–water partition coefficient (Wildman–Crippen LogP) is 1.23. The van der Waals surface area contributed by atoms with Gasteiger partial charge in [0, 0.05) is 31.0 Å². The van der Waals surface area contributed by atoms with E-state index in [4.69, 9.17) is 11.6 Å². The van der Waals surface area contributed by atoms with Crippen LogP contribution in [0.15, 0.2) is 35.5 Å². The Labute approximate surface area is 175 Å². The quantitative estimate of drug-likeness (QED) is 0.502. The summed E-state index contributed by atoms with van der Waals surface area (Å²) in [5, 5.41) is 16.3. The van der Waals surface area contributed by atoms with E-state index in [0.29, 0.717) is 30.0 Å². The number of pyridine rings is 1. The van der Waals surface area contributed by atoms with E-state index >= 15 is 0 Å². The molecule has 2 atom stereocenters. The number of aromatic nitrogens is 4. The lowest BCUT2D eigenvalue weighted by Crippen LogP contribution is -2.33. The molecule has 158 valence electrons. The maximum atomic E-state index is 13.7. The zero-order chi connectivity index (χ0) is 21.3. The lowest BCUT2D eigenvalue weighted by molar-refractivity contribution is 0.0927. The Morgan fingerprint density at radius 3 is 3.13 bits per heavy atom. The van der Waals surface area contributed by atoms with Crippen molar-refractivity contribution in [3.63, 3.8) is 0 Å². The number of aromatic amines is 1. The van der Waals surface area contributed by atoms with Crippen molar-refractivity contribution in [2.24, 2.45) is 0 Å². The molecule has 1 aliphatic heterocycles. The van der Waals surface area contributed by atoms with Crippen molar-refractivity contribution < 1.29 is 14.3 Å². The van der Waals surface area contributed by atoms with Crippen molar-refractivity contribution in [1.29, 1.82) is 0 Å². The summed E-state index contributed by atoms with van der Waals surface area (Å²) in [5.41, 5.74) is 0.592. The van der Waals surface area contributed by atoms with Gasteiger partial charge in [-0.2, -0.15) is 5.10 Å². The van der Waals surface area contributed by atoms with Gasteiger partial charge in [-0.05, 0) is 25.0 Å². The van der Waals surface area contributed by atoms with Crippen LogP contribution in [-0.4, -0.2) is 55.7 Å². The number of nitrogens with zero attached hydrogens (tertiary/aromatic N) is 4. The van der Waals surface area contributed by atoms with E-state index in [2.05, 4.69) is 20.4 Å². The first-order valence-corrected chi connectivity index (χ1v) is 10.0. The van der Waals surface area contributed by atoms with Gasteiger partial charge in [0.1, 0.15) is 17.2 Å². The third-order valence-electron chi connectivity index (χ3n) is 5.08. The zero-order valence-corrected chi connectivity index (χ0v) is 16.6. The van der Waals surface area contributed by atoms with Gasteiger partial charge in [0.15, 0.2) is 5.65 Å². The van der Waals surface area contributed by atoms with Crippen molar-refractivity contribution in [2.75, 3.05) is 23.9 Å². The number of aliphatic hydroxyl groups is 1. The second-order valence-corrected chi connectivity index (χ2v) is 7.39. The topological polar surface area (TPSA) is 116 Å². The summed E-state index contributed by atoms with van der Waals surface area (Å²) in [6.45, 7) is 0.650. The van der Waals surface area contributed by atoms with Crippen molar-refractivity contribution in [2.45, 2.75) is 25.0 Å². The van der Waals surface area contributed by atoms with Crippen molar-refractivity contribution >= 4 is 29.0 Å². The fourth-order valence-electron chi connectivity index (χ4n) is 3.63. The summed E-state index contributed by atoms with van der Waals surface area (Å²) in [6.07, 6.45) is 4.75. The monoisotopic (exact) mass is 434 g/mol. The van der Waals surface area contributed by atoms with E-state index < -0.39 is 17.8 Å². The van der Waals surface area contributed by atoms with E-state index in [9.17, 15) is 19.1 Å². The number of amides is 1. The second kappa shape index (κ2) is 8.41. The minimum Gasteiger partial charge on any atom is -0.390 e. The highest BCUT2D eigenvalue weighted by atomic mass is 35.5. The summed E-state index contributed by atoms with van der Waals surface area (Å²) in [7, 11) is 0. The van der Waals surface area contributed by atoms with E-state index in [0.717, 1.165) is 12.6 Å². The smallest absolute Gasteiger partial charge is 0.256 e. The van der Waals surface area contributed by atoms with Gasteiger partial charge in [-0.25, -0.2) is 13.9 Å². The SMILES string of the molecule is O=C(NC[C@@H](O)CCl)c1cnn2ccc(N3CCC[C@@H]3c3cc(F)c[nH]c3=O)nc12. The Morgan fingerprint density at radius 1 is 1.50 bits per heavy atom. The third kappa shape index (κ3) is 3.88. The van der Waals surface area contributed by atoms with E-state index in [-0.39, 0.29) is 29.6 Å². The molecule has 4 rings (SSSR count). The van der Waals surface area contributed by atoms with Crippen LogP contribution in [-0.2, 0) is 0 Å². The van der Waals surface area contributed by atoms with Crippen LogP contribution in [0.4, 0.5) is 10.2 Å². The van der Waals surface area contributed by atoms with Crippen molar-refractivity contribution in [3.8, 4) is 0 Å². The fourth-order valence-corrected chi connectivity index (χ4v) is 3.73. The van der Waals surface area contributed by atoms with E-state index in [1.165, 1.54) is 16.8 Å². The van der Waals surface area contributed by atoms with Crippen molar-refractivity contribution in [3.05, 3.63) is 58.0 Å². The largest absolute Gasteiger partial charge is 0.390 e. The molecule has 9 nitrogen and oxygen atoms in total. The number of alkyl halides is 1. The molecular formula is C19H20ClFN6O3. The first-order valence-electron chi connectivity index (χ1n) is 9.49. The van der Waals surface area contributed by atoms with Gasteiger partial charge < -0.3 is 20.3 Å². The van der Waals surface area contributed by atoms with Gasteiger partial charge in [0.25, 0.3) is 11.5 Å². The number of H-pyrrole nitrogens is 1. The van der Waals surface area contributed by atoms with Crippen LogP contribution in [0.2, 0.25) is 0 Å². The second-order valence-electron chi connectivity index (χ2n) is 7.08. The number of nitrogens with one attached hydrogen (secondary N) is 2. The average molecular weight is 435 g/mol. The van der Waals surface area contributed by atoms with Gasteiger partial charge in [0.05, 0.1) is 24.2 Å². The number of anilines is 1. The standard InChI is InChI=1S/C19H20ClFN6O3/c20-7-12(28)9-23-19(30)14-10-24-27-5-3-16(25-17(14)27)26-4-1-2-15(26)13-6-11(21)8-22-18(13)29/h3,5-6,8,10,12,15,28H,1-2,4,7,9H2,(H,22,29)(H,23,30)/t12-,15+/m0/s1. The van der Waals surface area contributed by atoms with Crippen LogP contribution in [0.5, 0.6) is 0 Å². The number of carbonyl (C=O) groups excluding carboxylic acids is 1. The highest BCUT2D eigenvalue weighted by Gasteiger charge is 2.30. The van der Waals surface area contributed by atoms with Crippen LogP contribution in [0.25, 0.3) is 5.65 Å². The maximum absolute atomic E-state index is 13.7. The van der Waals surface area contributed by atoms with Crippen LogP contribution < -0.4 is 15.8 Å². The molecule has 3 N–H and O–H groups in total. The zero-order valence-electron chi connectivity index (χ0n) is 15.9. The number of aliphatic hydroxyl groups excluding tert-OH is 1. The Morgan fingerprint density at radius 2 is 2.33 bits per heavy atom. The Bertz CT molecular complexity index is 1130. The maximum Gasteiger partial charge on any atom is 0.256 e. The molecule has 0 spiro atoms. The number of halogens is 2. The molecule has 30 heavy (non-hydrogen) atoms. The molecule has 3 aromatic rings. The van der Waals surface area contributed by atoms with Crippen LogP contribution in [0.3, 0.4) is 0 Å². The molecule has 0 saturated carbocycles. The fraction of sp³-hybridized carbons (Fsp3) is 0.368.